The summed E-state index contributed by atoms with van der Waals surface area (Å²) in [4.78, 5) is 15.8. The SMILES string of the molecule is CCCCCCCCCCCCN1C=NCC1.NCC(=O)O. The van der Waals surface area contributed by atoms with Gasteiger partial charge in [-0.15, -0.1) is 0 Å². The molecule has 0 aliphatic carbocycles. The number of nitrogens with two attached hydrogens (primary N) is 1. The number of carboxylic acids is 1. The first-order valence-electron chi connectivity index (χ1n) is 8.86. The quantitative estimate of drug-likeness (QED) is 0.542. The lowest BCUT2D eigenvalue weighted by molar-refractivity contribution is -0.135. The van der Waals surface area contributed by atoms with Crippen molar-refractivity contribution in [2.75, 3.05) is 26.2 Å². The normalized spacial score (nSPS) is 13.1. The van der Waals surface area contributed by atoms with E-state index in [1.54, 1.807) is 0 Å². The highest BCUT2D eigenvalue weighted by molar-refractivity contribution is 5.68. The number of hydrogen-bond donors (Lipinski definition) is 2. The second kappa shape index (κ2) is 16.3. The minimum atomic E-state index is -0.968. The minimum absolute atomic E-state index is 0.278. The van der Waals surface area contributed by atoms with Crippen molar-refractivity contribution in [3.8, 4) is 0 Å². The van der Waals surface area contributed by atoms with Crippen LogP contribution in [0.5, 0.6) is 0 Å². The van der Waals surface area contributed by atoms with Crippen molar-refractivity contribution in [2.45, 2.75) is 71.1 Å². The van der Waals surface area contributed by atoms with Crippen LogP contribution in [0.2, 0.25) is 0 Å². The molecule has 0 amide bonds. The van der Waals surface area contributed by atoms with Gasteiger partial charge in [0.25, 0.3) is 0 Å². The summed E-state index contributed by atoms with van der Waals surface area (Å²) in [6, 6.07) is 0. The molecule has 0 fully saturated rings. The van der Waals surface area contributed by atoms with Gasteiger partial charge in [-0.2, -0.15) is 0 Å². The molecule has 0 saturated heterocycles. The predicted molar refractivity (Wildman–Crippen MR) is 93.5 cm³/mol. The summed E-state index contributed by atoms with van der Waals surface area (Å²) in [5.74, 6) is -0.968. The third kappa shape index (κ3) is 15.3. The van der Waals surface area contributed by atoms with E-state index in [1.165, 1.54) is 70.8 Å². The summed E-state index contributed by atoms with van der Waals surface area (Å²) in [6.45, 7) is 5.39. The van der Waals surface area contributed by atoms with Crippen LogP contribution in [0.3, 0.4) is 0 Å². The number of carboxylic acid groups (broad SMARTS) is 1. The number of hydrogen-bond acceptors (Lipinski definition) is 4. The van der Waals surface area contributed by atoms with E-state index in [1.807, 2.05) is 6.34 Å². The lowest BCUT2D eigenvalue weighted by Gasteiger charge is -2.12. The van der Waals surface area contributed by atoms with E-state index in [0.717, 1.165) is 13.1 Å². The summed E-state index contributed by atoms with van der Waals surface area (Å²) < 4.78 is 0. The van der Waals surface area contributed by atoms with Crippen molar-refractivity contribution in [2.24, 2.45) is 10.7 Å². The minimum Gasteiger partial charge on any atom is -0.480 e. The monoisotopic (exact) mass is 313 g/mol. The Kier molecular flexibility index (Phi) is 15.5. The molecule has 0 radical (unpaired) electrons. The second-order valence-electron chi connectivity index (χ2n) is 5.84. The van der Waals surface area contributed by atoms with Crippen LogP contribution in [-0.4, -0.2) is 48.5 Å². The average Bonchev–Trinajstić information content (AvgIpc) is 3.03. The number of unbranched alkanes of at least 4 members (excludes halogenated alkanes) is 9. The van der Waals surface area contributed by atoms with Gasteiger partial charge in [0.2, 0.25) is 0 Å². The van der Waals surface area contributed by atoms with Gasteiger partial charge in [0, 0.05) is 13.1 Å². The zero-order valence-corrected chi connectivity index (χ0v) is 14.3. The molecule has 5 heteroatoms. The molecule has 0 aromatic heterocycles. The van der Waals surface area contributed by atoms with Crippen LogP contribution in [0.1, 0.15) is 71.1 Å². The van der Waals surface area contributed by atoms with Crippen LogP contribution < -0.4 is 5.73 Å². The molecule has 3 N–H and O–H groups in total. The Hall–Kier alpha value is -1.10. The molecule has 0 bridgehead atoms. The van der Waals surface area contributed by atoms with E-state index in [2.05, 4.69) is 22.5 Å². The number of nitrogens with zero attached hydrogens (tertiary/aromatic N) is 2. The van der Waals surface area contributed by atoms with Gasteiger partial charge < -0.3 is 15.7 Å². The molecule has 1 aliphatic rings. The van der Waals surface area contributed by atoms with E-state index in [-0.39, 0.29) is 6.54 Å². The zero-order valence-electron chi connectivity index (χ0n) is 14.3. The topological polar surface area (TPSA) is 78.9 Å². The Morgan fingerprint density at radius 3 is 2.00 bits per heavy atom. The number of carbonyl (C=O) groups is 1. The van der Waals surface area contributed by atoms with Crippen molar-refractivity contribution < 1.29 is 9.90 Å². The van der Waals surface area contributed by atoms with Gasteiger partial charge in [-0.25, -0.2) is 0 Å². The standard InChI is InChI=1S/C15H30N2.C2H5NO2/c1-2-3-4-5-6-7-8-9-10-11-13-17-14-12-16-15-17;3-1-2(4)5/h15H,2-14H2,1H3;1,3H2,(H,4,5). The van der Waals surface area contributed by atoms with Crippen molar-refractivity contribution in [1.29, 1.82) is 0 Å². The van der Waals surface area contributed by atoms with Crippen molar-refractivity contribution in [3.63, 3.8) is 0 Å². The summed E-state index contributed by atoms with van der Waals surface area (Å²) in [7, 11) is 0. The number of aliphatic carboxylic acids is 1. The maximum atomic E-state index is 9.24. The van der Waals surface area contributed by atoms with Gasteiger partial charge in [0.15, 0.2) is 0 Å². The number of rotatable bonds is 12. The fraction of sp³-hybridized carbons (Fsp3) is 0.882. The molecule has 0 aromatic rings. The zero-order chi connectivity index (χ0) is 16.5. The van der Waals surface area contributed by atoms with E-state index in [0.29, 0.717) is 0 Å². The highest BCUT2D eigenvalue weighted by atomic mass is 16.4. The highest BCUT2D eigenvalue weighted by Gasteiger charge is 2.03. The molecule has 0 atom stereocenters. The van der Waals surface area contributed by atoms with Crippen molar-refractivity contribution >= 4 is 12.3 Å². The predicted octanol–water partition coefficient (Wildman–Crippen LogP) is 3.28. The summed E-state index contributed by atoms with van der Waals surface area (Å²) >= 11 is 0. The van der Waals surface area contributed by atoms with Crippen LogP contribution in [0.4, 0.5) is 0 Å². The molecule has 0 unspecified atom stereocenters. The Bertz CT molecular complexity index is 283. The van der Waals surface area contributed by atoms with E-state index in [9.17, 15) is 4.79 Å². The van der Waals surface area contributed by atoms with Gasteiger partial charge in [-0.3, -0.25) is 9.79 Å². The maximum Gasteiger partial charge on any atom is 0.317 e. The highest BCUT2D eigenvalue weighted by Crippen LogP contribution is 2.10. The lowest BCUT2D eigenvalue weighted by Crippen LogP contribution is -2.20. The van der Waals surface area contributed by atoms with Crippen LogP contribution in [0.25, 0.3) is 0 Å². The molecular formula is C17H35N3O2. The van der Waals surface area contributed by atoms with Gasteiger partial charge >= 0.3 is 5.97 Å². The molecule has 0 aromatic carbocycles. The summed E-state index contributed by atoms with van der Waals surface area (Å²) in [5, 5.41) is 7.60. The Morgan fingerprint density at radius 2 is 1.59 bits per heavy atom. The smallest absolute Gasteiger partial charge is 0.317 e. The first-order chi connectivity index (χ1) is 10.7. The fourth-order valence-electron chi connectivity index (χ4n) is 2.39. The molecular weight excluding hydrogens is 278 g/mol. The van der Waals surface area contributed by atoms with Gasteiger partial charge in [-0.1, -0.05) is 64.7 Å². The van der Waals surface area contributed by atoms with Crippen molar-refractivity contribution in [1.82, 2.24) is 4.90 Å². The fourth-order valence-corrected chi connectivity index (χ4v) is 2.39. The molecule has 0 saturated carbocycles. The Balaban J connectivity index is 0.000000763. The lowest BCUT2D eigenvalue weighted by atomic mass is 10.1. The van der Waals surface area contributed by atoms with Crippen molar-refractivity contribution in [3.05, 3.63) is 0 Å². The van der Waals surface area contributed by atoms with Gasteiger partial charge in [-0.05, 0) is 6.42 Å². The molecule has 5 nitrogen and oxygen atoms in total. The van der Waals surface area contributed by atoms with Crippen LogP contribution in [-0.2, 0) is 4.79 Å². The van der Waals surface area contributed by atoms with Crippen LogP contribution >= 0.6 is 0 Å². The molecule has 1 heterocycles. The largest absolute Gasteiger partial charge is 0.480 e. The van der Waals surface area contributed by atoms with Gasteiger partial charge in [0.1, 0.15) is 0 Å². The molecule has 0 spiro atoms. The van der Waals surface area contributed by atoms with E-state index in [4.69, 9.17) is 5.11 Å². The van der Waals surface area contributed by atoms with Gasteiger partial charge in [0.05, 0.1) is 19.4 Å². The third-order valence-electron chi connectivity index (χ3n) is 3.73. The molecule has 1 rings (SSSR count). The van der Waals surface area contributed by atoms with E-state index < -0.39 is 5.97 Å². The molecule has 1 aliphatic heterocycles. The summed E-state index contributed by atoms with van der Waals surface area (Å²) in [6.07, 6.45) is 16.3. The Labute approximate surface area is 136 Å². The first kappa shape index (κ1) is 20.9. The average molecular weight is 313 g/mol. The van der Waals surface area contributed by atoms with Crippen LogP contribution in [0, 0.1) is 0 Å². The molecule has 130 valence electrons. The first-order valence-corrected chi connectivity index (χ1v) is 8.86. The second-order valence-corrected chi connectivity index (χ2v) is 5.84. The van der Waals surface area contributed by atoms with Crippen LogP contribution in [0.15, 0.2) is 4.99 Å². The Morgan fingerprint density at radius 1 is 1.09 bits per heavy atom. The summed E-state index contributed by atoms with van der Waals surface area (Å²) in [5.41, 5.74) is 4.57. The maximum absolute atomic E-state index is 9.24. The molecule has 22 heavy (non-hydrogen) atoms. The number of aliphatic imine (C=N–C) groups is 1. The third-order valence-corrected chi connectivity index (χ3v) is 3.73. The van der Waals surface area contributed by atoms with E-state index >= 15 is 0 Å².